The number of methoxy groups -OCH3 is 1. The molecule has 3 N–H and O–H groups in total. The fourth-order valence-corrected chi connectivity index (χ4v) is 5.21. The highest BCUT2D eigenvalue weighted by Gasteiger charge is 2.26. The quantitative estimate of drug-likeness (QED) is 0.451. The molecule has 9 nitrogen and oxygen atoms in total. The monoisotopic (exact) mass is 480 g/mol. The van der Waals surface area contributed by atoms with Gasteiger partial charge in [-0.25, -0.2) is 14.5 Å². The number of hydrogen-bond acceptors (Lipinski definition) is 8. The highest BCUT2D eigenvalue weighted by atomic mass is 16.5. The standard InChI is InChI=1S/C26H36N6O3/c1-17(16-34-2)30-26-29-15-24-22(14-23(32(24)31-26)18-3-5-20(33)6-4-18)19-7-12-28-25(13-19)35-21-8-10-27-11-9-21/h7,12-15,17-18,20-21,27,33H,3-6,8-11,16H2,1-2H3,(H,30,31)/t17-,18?,20?/m0/s1. The number of hydrogen-bond donors (Lipinski definition) is 3. The van der Waals surface area contributed by atoms with Crippen LogP contribution in [0.5, 0.6) is 5.88 Å². The van der Waals surface area contributed by atoms with Gasteiger partial charge < -0.3 is 25.2 Å². The lowest BCUT2D eigenvalue weighted by Gasteiger charge is -2.25. The molecule has 0 unspecified atom stereocenters. The first-order chi connectivity index (χ1) is 17.1. The first-order valence-electron chi connectivity index (χ1n) is 12.8. The Morgan fingerprint density at radius 2 is 1.94 bits per heavy atom. The van der Waals surface area contributed by atoms with Crippen LogP contribution >= 0.6 is 0 Å². The summed E-state index contributed by atoms with van der Waals surface area (Å²) >= 11 is 0. The number of aromatic nitrogens is 4. The Hall–Kier alpha value is -2.75. The van der Waals surface area contributed by atoms with Gasteiger partial charge in [-0.2, -0.15) is 0 Å². The van der Waals surface area contributed by atoms with E-state index in [2.05, 4.69) is 26.7 Å². The summed E-state index contributed by atoms with van der Waals surface area (Å²) in [5.74, 6) is 1.57. The summed E-state index contributed by atoms with van der Waals surface area (Å²) in [6.45, 7) is 4.57. The fourth-order valence-electron chi connectivity index (χ4n) is 5.21. The summed E-state index contributed by atoms with van der Waals surface area (Å²) in [5.41, 5.74) is 4.22. The molecule has 9 heteroatoms. The van der Waals surface area contributed by atoms with Gasteiger partial charge in [-0.15, -0.1) is 5.10 Å². The van der Waals surface area contributed by atoms with Gasteiger partial charge in [0.2, 0.25) is 11.8 Å². The van der Waals surface area contributed by atoms with E-state index in [4.69, 9.17) is 14.6 Å². The minimum absolute atomic E-state index is 0.0932. The average molecular weight is 481 g/mol. The van der Waals surface area contributed by atoms with Crippen LogP contribution in [0.3, 0.4) is 0 Å². The lowest BCUT2D eigenvalue weighted by atomic mass is 9.85. The third-order valence-electron chi connectivity index (χ3n) is 7.07. The van der Waals surface area contributed by atoms with E-state index in [1.54, 1.807) is 7.11 Å². The van der Waals surface area contributed by atoms with Gasteiger partial charge in [0.15, 0.2) is 0 Å². The molecule has 1 atom stereocenters. The first kappa shape index (κ1) is 24.0. The molecule has 0 radical (unpaired) electrons. The van der Waals surface area contributed by atoms with E-state index in [1.807, 2.05) is 36.0 Å². The van der Waals surface area contributed by atoms with Crippen molar-refractivity contribution in [1.29, 1.82) is 0 Å². The number of piperidine rings is 1. The number of nitrogens with one attached hydrogen (secondary N) is 2. The van der Waals surface area contributed by atoms with Crippen LogP contribution in [0.15, 0.2) is 30.6 Å². The molecule has 188 valence electrons. The van der Waals surface area contributed by atoms with E-state index in [9.17, 15) is 5.11 Å². The largest absolute Gasteiger partial charge is 0.474 e. The van der Waals surface area contributed by atoms with Gasteiger partial charge in [0.05, 0.1) is 24.4 Å². The number of ether oxygens (including phenoxy) is 2. The molecular weight excluding hydrogens is 444 g/mol. The minimum Gasteiger partial charge on any atom is -0.474 e. The Morgan fingerprint density at radius 3 is 2.71 bits per heavy atom. The van der Waals surface area contributed by atoms with Gasteiger partial charge in [-0.1, -0.05) is 0 Å². The Labute approximate surface area is 206 Å². The molecule has 0 spiro atoms. The Morgan fingerprint density at radius 1 is 1.14 bits per heavy atom. The van der Waals surface area contributed by atoms with E-state index in [0.29, 0.717) is 24.4 Å². The summed E-state index contributed by atoms with van der Waals surface area (Å²) < 4.78 is 13.5. The lowest BCUT2D eigenvalue weighted by molar-refractivity contribution is 0.121. The zero-order valence-corrected chi connectivity index (χ0v) is 20.6. The van der Waals surface area contributed by atoms with Crippen molar-refractivity contribution in [2.24, 2.45) is 0 Å². The second-order valence-corrected chi connectivity index (χ2v) is 9.82. The minimum atomic E-state index is -0.200. The number of pyridine rings is 1. The molecule has 0 aromatic carbocycles. The third kappa shape index (κ3) is 5.58. The van der Waals surface area contributed by atoms with Crippen molar-refractivity contribution in [2.45, 2.75) is 69.6 Å². The van der Waals surface area contributed by atoms with Crippen molar-refractivity contribution in [3.05, 3.63) is 36.3 Å². The van der Waals surface area contributed by atoms with Gasteiger partial charge in [0.1, 0.15) is 6.10 Å². The van der Waals surface area contributed by atoms with E-state index < -0.39 is 0 Å². The van der Waals surface area contributed by atoms with Crippen LogP contribution in [0.4, 0.5) is 5.95 Å². The van der Waals surface area contributed by atoms with Crippen molar-refractivity contribution in [2.75, 3.05) is 32.1 Å². The molecule has 0 amide bonds. The molecule has 1 aliphatic carbocycles. The lowest BCUT2D eigenvalue weighted by Crippen LogP contribution is -2.34. The summed E-state index contributed by atoms with van der Waals surface area (Å²) in [7, 11) is 1.69. The summed E-state index contributed by atoms with van der Waals surface area (Å²) in [5, 5.41) is 21.6. The number of aliphatic hydroxyl groups excluding tert-OH is 1. The average Bonchev–Trinajstić information content (AvgIpc) is 3.24. The Balaban J connectivity index is 1.49. The third-order valence-corrected chi connectivity index (χ3v) is 7.07. The van der Waals surface area contributed by atoms with Crippen LogP contribution in [0.1, 0.15) is 57.1 Å². The first-order valence-corrected chi connectivity index (χ1v) is 12.8. The number of fused-ring (bicyclic) bond motifs is 1. The molecule has 0 bridgehead atoms. The van der Waals surface area contributed by atoms with Crippen molar-refractivity contribution < 1.29 is 14.6 Å². The summed E-state index contributed by atoms with van der Waals surface area (Å²) in [6, 6.07) is 6.37. The fraction of sp³-hybridized carbons (Fsp3) is 0.577. The normalized spacial score (nSPS) is 22.3. The van der Waals surface area contributed by atoms with Gasteiger partial charge in [-0.05, 0) is 76.2 Å². The zero-order valence-electron chi connectivity index (χ0n) is 20.6. The molecule has 2 aliphatic rings. The molecule has 1 aliphatic heterocycles. The van der Waals surface area contributed by atoms with Crippen LogP contribution in [0.2, 0.25) is 0 Å². The van der Waals surface area contributed by atoms with Gasteiger partial charge in [-0.3, -0.25) is 0 Å². The Bertz CT molecular complexity index is 1120. The van der Waals surface area contributed by atoms with Crippen LogP contribution in [-0.4, -0.2) is 69.7 Å². The van der Waals surface area contributed by atoms with Gasteiger partial charge in [0.25, 0.3) is 0 Å². The van der Waals surface area contributed by atoms with Crippen LogP contribution < -0.4 is 15.4 Å². The molecule has 5 rings (SSSR count). The highest BCUT2D eigenvalue weighted by Crippen LogP contribution is 2.38. The molecule has 2 fully saturated rings. The second kappa shape index (κ2) is 10.9. The zero-order chi connectivity index (χ0) is 24.2. The van der Waals surface area contributed by atoms with Crippen LogP contribution in [0.25, 0.3) is 16.6 Å². The maximum Gasteiger partial charge on any atom is 0.241 e. The second-order valence-electron chi connectivity index (χ2n) is 9.82. The van der Waals surface area contributed by atoms with Crippen LogP contribution in [-0.2, 0) is 4.74 Å². The topological polar surface area (TPSA) is 106 Å². The molecule has 4 heterocycles. The summed E-state index contributed by atoms with van der Waals surface area (Å²) in [4.78, 5) is 9.09. The SMILES string of the molecule is COC[C@H](C)Nc1ncc2c(-c3ccnc(OC4CCNCC4)c3)cc(C3CCC(O)CC3)n2n1. The van der Waals surface area contributed by atoms with Crippen LogP contribution in [0, 0.1) is 0 Å². The molecule has 35 heavy (non-hydrogen) atoms. The smallest absolute Gasteiger partial charge is 0.241 e. The van der Waals surface area contributed by atoms with E-state index in [0.717, 1.165) is 74.0 Å². The molecule has 3 aromatic rings. The van der Waals surface area contributed by atoms with E-state index in [1.165, 1.54) is 0 Å². The number of aliphatic hydroxyl groups is 1. The molecule has 3 aromatic heterocycles. The van der Waals surface area contributed by atoms with E-state index >= 15 is 0 Å². The van der Waals surface area contributed by atoms with Crippen molar-refractivity contribution >= 4 is 11.5 Å². The van der Waals surface area contributed by atoms with Gasteiger partial charge >= 0.3 is 0 Å². The molecule has 1 saturated carbocycles. The number of nitrogens with zero attached hydrogens (tertiary/aromatic N) is 4. The van der Waals surface area contributed by atoms with Crippen molar-refractivity contribution in [3.8, 4) is 17.0 Å². The van der Waals surface area contributed by atoms with Gasteiger partial charge in [0, 0.05) is 42.6 Å². The molecule has 1 saturated heterocycles. The van der Waals surface area contributed by atoms with Crippen molar-refractivity contribution in [1.82, 2.24) is 24.9 Å². The molecular formula is C26H36N6O3. The highest BCUT2D eigenvalue weighted by molar-refractivity contribution is 5.81. The number of anilines is 1. The predicted octanol–water partition coefficient (Wildman–Crippen LogP) is 3.39. The maximum atomic E-state index is 10.1. The van der Waals surface area contributed by atoms with Crippen molar-refractivity contribution in [3.63, 3.8) is 0 Å². The summed E-state index contributed by atoms with van der Waals surface area (Å²) in [6.07, 6.45) is 9.20. The number of rotatable bonds is 8. The maximum absolute atomic E-state index is 10.1. The van der Waals surface area contributed by atoms with E-state index in [-0.39, 0.29) is 18.2 Å². The predicted molar refractivity (Wildman–Crippen MR) is 135 cm³/mol. The Kier molecular flexibility index (Phi) is 7.46.